The number of amides is 1. The number of halogens is 1. The number of benzene rings is 2. The third-order valence-electron chi connectivity index (χ3n) is 6.20. The highest BCUT2D eigenvalue weighted by Crippen LogP contribution is 2.39. The molecule has 5 rings (SSSR count). The number of rotatable bonds is 4. The SMILES string of the molecule is COc1nc2c(C(=O)Nc3cc(F)c4nn(C)cc4c3)ccc(N3CCNC(C)C3C)c2s1. The largest absolute Gasteiger partial charge is 0.473 e. The lowest BCUT2D eigenvalue weighted by molar-refractivity contribution is 0.102. The van der Waals surface area contributed by atoms with Gasteiger partial charge in [0.25, 0.3) is 11.1 Å². The molecule has 2 N–H and O–H groups in total. The van der Waals surface area contributed by atoms with Gasteiger partial charge in [-0.05, 0) is 38.1 Å². The molecule has 1 aliphatic heterocycles. The summed E-state index contributed by atoms with van der Waals surface area (Å²) in [4.78, 5) is 20.1. The van der Waals surface area contributed by atoms with Gasteiger partial charge >= 0.3 is 0 Å². The molecular weight excluding hydrogens is 443 g/mol. The van der Waals surface area contributed by atoms with Crippen molar-refractivity contribution in [1.29, 1.82) is 0 Å². The normalized spacial score (nSPS) is 18.8. The fourth-order valence-electron chi connectivity index (χ4n) is 4.35. The van der Waals surface area contributed by atoms with Gasteiger partial charge in [-0.2, -0.15) is 5.10 Å². The Morgan fingerprint density at radius 1 is 1.30 bits per heavy atom. The minimum Gasteiger partial charge on any atom is -0.473 e. The number of aryl methyl sites for hydroxylation is 1. The van der Waals surface area contributed by atoms with Crippen LogP contribution in [0.15, 0.2) is 30.5 Å². The van der Waals surface area contributed by atoms with E-state index in [9.17, 15) is 9.18 Å². The Hall–Kier alpha value is -3.24. The molecule has 0 saturated carbocycles. The van der Waals surface area contributed by atoms with E-state index in [-0.39, 0.29) is 17.5 Å². The maximum Gasteiger partial charge on any atom is 0.274 e. The van der Waals surface area contributed by atoms with Gasteiger partial charge in [0.05, 0.1) is 23.1 Å². The second kappa shape index (κ2) is 8.27. The van der Waals surface area contributed by atoms with E-state index >= 15 is 0 Å². The number of anilines is 2. The summed E-state index contributed by atoms with van der Waals surface area (Å²) < 4.78 is 22.3. The van der Waals surface area contributed by atoms with Gasteiger partial charge in [0.2, 0.25) is 0 Å². The van der Waals surface area contributed by atoms with Crippen molar-refractivity contribution in [3.63, 3.8) is 0 Å². The van der Waals surface area contributed by atoms with Gasteiger partial charge in [0.15, 0.2) is 5.82 Å². The quantitative estimate of drug-likeness (QED) is 0.474. The highest BCUT2D eigenvalue weighted by atomic mass is 32.1. The van der Waals surface area contributed by atoms with Gasteiger partial charge in [-0.15, -0.1) is 0 Å². The number of ether oxygens (including phenoxy) is 1. The highest BCUT2D eigenvalue weighted by Gasteiger charge is 2.28. The van der Waals surface area contributed by atoms with Crippen molar-refractivity contribution in [3.05, 3.63) is 41.8 Å². The summed E-state index contributed by atoms with van der Waals surface area (Å²) in [5.41, 5.74) is 2.66. The molecule has 172 valence electrons. The molecule has 2 aromatic heterocycles. The number of hydrogen-bond acceptors (Lipinski definition) is 7. The van der Waals surface area contributed by atoms with E-state index in [4.69, 9.17) is 4.74 Å². The van der Waals surface area contributed by atoms with Crippen LogP contribution < -0.4 is 20.3 Å². The number of nitrogens with one attached hydrogen (secondary N) is 2. The average Bonchev–Trinajstić information content (AvgIpc) is 3.38. The monoisotopic (exact) mass is 468 g/mol. The van der Waals surface area contributed by atoms with Crippen LogP contribution in [0.4, 0.5) is 15.8 Å². The fraction of sp³-hybridized carbons (Fsp3) is 0.348. The van der Waals surface area contributed by atoms with Crippen molar-refractivity contribution in [2.45, 2.75) is 25.9 Å². The van der Waals surface area contributed by atoms with Crippen molar-refractivity contribution in [3.8, 4) is 5.19 Å². The molecule has 1 amide bonds. The number of piperazine rings is 1. The van der Waals surface area contributed by atoms with Gasteiger partial charge in [-0.3, -0.25) is 9.48 Å². The molecule has 1 aliphatic rings. The zero-order chi connectivity index (χ0) is 23.3. The summed E-state index contributed by atoms with van der Waals surface area (Å²) in [5, 5.41) is 11.5. The van der Waals surface area contributed by atoms with Gasteiger partial charge in [0, 0.05) is 49.5 Å². The molecule has 2 atom stereocenters. The molecule has 8 nitrogen and oxygen atoms in total. The lowest BCUT2D eigenvalue weighted by Gasteiger charge is -2.40. The first kappa shape index (κ1) is 21.6. The Morgan fingerprint density at radius 2 is 2.12 bits per heavy atom. The third-order valence-corrected chi connectivity index (χ3v) is 7.24. The minimum atomic E-state index is -0.485. The van der Waals surface area contributed by atoms with Crippen molar-refractivity contribution < 1.29 is 13.9 Å². The number of carbonyl (C=O) groups excluding carboxylic acids is 1. The summed E-state index contributed by atoms with van der Waals surface area (Å²) >= 11 is 1.42. The minimum absolute atomic E-state index is 0.269. The molecule has 0 radical (unpaired) electrons. The van der Waals surface area contributed by atoms with Crippen molar-refractivity contribution >= 4 is 49.7 Å². The van der Waals surface area contributed by atoms with Crippen LogP contribution in [0.5, 0.6) is 5.19 Å². The van der Waals surface area contributed by atoms with Crippen LogP contribution >= 0.6 is 11.3 Å². The van der Waals surface area contributed by atoms with Gasteiger partial charge in [-0.1, -0.05) is 11.3 Å². The number of aromatic nitrogens is 3. The zero-order valence-electron chi connectivity index (χ0n) is 18.8. The standard InChI is InChI=1S/C23H25FN6O2S/c1-12-13(2)30(8-7-25-12)18-6-5-16(20-21(18)33-23(27-20)32-4)22(31)26-15-9-14-11-29(3)28-19(14)17(24)10-15/h5-6,9-13,25H,7-8H2,1-4H3,(H,26,31). The van der Waals surface area contributed by atoms with Crippen LogP contribution in [0.25, 0.3) is 21.1 Å². The first-order valence-corrected chi connectivity index (χ1v) is 11.6. The first-order valence-electron chi connectivity index (χ1n) is 10.8. The second-order valence-electron chi connectivity index (χ2n) is 8.32. The van der Waals surface area contributed by atoms with Crippen LogP contribution in [0, 0.1) is 5.82 Å². The molecule has 33 heavy (non-hydrogen) atoms. The van der Waals surface area contributed by atoms with Crippen molar-refractivity contribution in [2.24, 2.45) is 7.05 Å². The average molecular weight is 469 g/mol. The molecule has 2 aromatic carbocycles. The molecular formula is C23H25FN6O2S. The maximum atomic E-state index is 14.5. The van der Waals surface area contributed by atoms with Gasteiger partial charge in [0.1, 0.15) is 11.0 Å². The fourth-order valence-corrected chi connectivity index (χ4v) is 5.29. The van der Waals surface area contributed by atoms with Crippen LogP contribution in [0.2, 0.25) is 0 Å². The topological polar surface area (TPSA) is 84.3 Å². The van der Waals surface area contributed by atoms with Crippen LogP contribution in [-0.4, -0.2) is 53.0 Å². The summed E-state index contributed by atoms with van der Waals surface area (Å²) in [6, 6.07) is 7.36. The number of thiazole rings is 1. The van der Waals surface area contributed by atoms with E-state index in [1.165, 1.54) is 17.4 Å². The third kappa shape index (κ3) is 3.79. The van der Waals surface area contributed by atoms with E-state index in [2.05, 4.69) is 39.5 Å². The lowest BCUT2D eigenvalue weighted by atomic mass is 10.0. The van der Waals surface area contributed by atoms with Crippen molar-refractivity contribution in [2.75, 3.05) is 30.4 Å². The van der Waals surface area contributed by atoms with Crippen LogP contribution in [0.3, 0.4) is 0 Å². The molecule has 10 heteroatoms. The van der Waals surface area contributed by atoms with Gasteiger partial charge in [-0.25, -0.2) is 9.37 Å². The second-order valence-corrected chi connectivity index (χ2v) is 9.29. The van der Waals surface area contributed by atoms with E-state index in [1.807, 2.05) is 6.07 Å². The van der Waals surface area contributed by atoms with E-state index < -0.39 is 5.82 Å². The Labute approximate surface area is 194 Å². The van der Waals surface area contributed by atoms with Gasteiger partial charge < -0.3 is 20.3 Å². The predicted octanol–water partition coefficient (Wildman–Crippen LogP) is 3.77. The Morgan fingerprint density at radius 3 is 2.91 bits per heavy atom. The molecule has 3 heterocycles. The number of nitrogens with zero attached hydrogens (tertiary/aromatic N) is 4. The van der Waals surface area contributed by atoms with Crippen LogP contribution in [0.1, 0.15) is 24.2 Å². The highest BCUT2D eigenvalue weighted by molar-refractivity contribution is 7.21. The molecule has 4 aromatic rings. The molecule has 1 fully saturated rings. The summed E-state index contributed by atoms with van der Waals surface area (Å²) in [7, 11) is 3.30. The Bertz CT molecular complexity index is 1370. The van der Waals surface area contributed by atoms with E-state index in [0.29, 0.717) is 33.4 Å². The van der Waals surface area contributed by atoms with Crippen LogP contribution in [-0.2, 0) is 7.05 Å². The first-order chi connectivity index (χ1) is 15.9. The summed E-state index contributed by atoms with van der Waals surface area (Å²) in [6.07, 6.45) is 1.71. The Balaban J connectivity index is 1.53. The number of carbonyl (C=O) groups is 1. The molecule has 0 aliphatic carbocycles. The number of hydrogen-bond donors (Lipinski definition) is 2. The lowest BCUT2D eigenvalue weighted by Crippen LogP contribution is -2.55. The number of fused-ring (bicyclic) bond motifs is 2. The maximum absolute atomic E-state index is 14.5. The molecule has 0 bridgehead atoms. The predicted molar refractivity (Wildman–Crippen MR) is 129 cm³/mol. The summed E-state index contributed by atoms with van der Waals surface area (Å²) in [5.74, 6) is -0.843. The number of methoxy groups -OCH3 is 1. The molecule has 0 spiro atoms. The van der Waals surface area contributed by atoms with E-state index in [1.54, 1.807) is 37.2 Å². The summed E-state index contributed by atoms with van der Waals surface area (Å²) in [6.45, 7) is 6.09. The van der Waals surface area contributed by atoms with E-state index in [0.717, 1.165) is 23.5 Å². The molecule has 1 saturated heterocycles. The molecule has 2 unspecified atom stereocenters. The van der Waals surface area contributed by atoms with Crippen molar-refractivity contribution in [1.82, 2.24) is 20.1 Å². The smallest absolute Gasteiger partial charge is 0.274 e. The zero-order valence-corrected chi connectivity index (χ0v) is 19.7. The Kier molecular flexibility index (Phi) is 5.41.